The van der Waals surface area contributed by atoms with Gasteiger partial charge in [0.05, 0.1) is 6.04 Å². The Bertz CT molecular complexity index is 235. The predicted molar refractivity (Wildman–Crippen MR) is 45.6 cm³/mol. The fourth-order valence-electron chi connectivity index (χ4n) is 0.921. The summed E-state index contributed by atoms with van der Waals surface area (Å²) < 4.78 is 6.69. The second-order valence-corrected chi connectivity index (χ2v) is 2.71. The number of rotatable bonds is 4. The summed E-state index contributed by atoms with van der Waals surface area (Å²) in [6.07, 6.45) is 2.55. The minimum absolute atomic E-state index is 0.287. The van der Waals surface area contributed by atoms with Gasteiger partial charge < -0.3 is 10.5 Å². The SMILES string of the molecule is COCCC(C)n1cnc(N)n1. The van der Waals surface area contributed by atoms with Crippen molar-refractivity contribution in [1.29, 1.82) is 0 Å². The van der Waals surface area contributed by atoms with E-state index in [9.17, 15) is 0 Å². The first-order valence-electron chi connectivity index (χ1n) is 3.89. The molecule has 1 aromatic heterocycles. The molecule has 0 fully saturated rings. The number of anilines is 1. The van der Waals surface area contributed by atoms with E-state index >= 15 is 0 Å². The molecule has 2 N–H and O–H groups in total. The molecule has 0 aliphatic heterocycles. The Morgan fingerprint density at radius 2 is 2.50 bits per heavy atom. The van der Waals surface area contributed by atoms with E-state index in [2.05, 4.69) is 10.1 Å². The highest BCUT2D eigenvalue weighted by atomic mass is 16.5. The number of nitrogens with two attached hydrogens (primary N) is 1. The normalized spacial score (nSPS) is 13.2. The Labute approximate surface area is 71.5 Å². The molecular formula is C7H14N4O. The van der Waals surface area contributed by atoms with Gasteiger partial charge in [-0.05, 0) is 13.3 Å². The zero-order chi connectivity index (χ0) is 8.97. The molecule has 0 saturated carbocycles. The van der Waals surface area contributed by atoms with Crippen molar-refractivity contribution in [2.45, 2.75) is 19.4 Å². The van der Waals surface area contributed by atoms with Gasteiger partial charge in [-0.25, -0.2) is 9.67 Å². The molecule has 0 bridgehead atoms. The molecule has 1 atom stereocenters. The van der Waals surface area contributed by atoms with Crippen molar-refractivity contribution >= 4 is 5.95 Å². The van der Waals surface area contributed by atoms with Gasteiger partial charge in [0.25, 0.3) is 0 Å². The van der Waals surface area contributed by atoms with Gasteiger partial charge in [0.2, 0.25) is 5.95 Å². The van der Waals surface area contributed by atoms with Gasteiger partial charge in [-0.3, -0.25) is 0 Å². The molecule has 0 amide bonds. The molecule has 5 heteroatoms. The van der Waals surface area contributed by atoms with E-state index in [0.717, 1.165) is 13.0 Å². The summed E-state index contributed by atoms with van der Waals surface area (Å²) >= 11 is 0. The Morgan fingerprint density at radius 3 is 3.00 bits per heavy atom. The van der Waals surface area contributed by atoms with Crippen LogP contribution in [0.2, 0.25) is 0 Å². The largest absolute Gasteiger partial charge is 0.385 e. The summed E-state index contributed by atoms with van der Waals surface area (Å²) in [4.78, 5) is 3.83. The second-order valence-electron chi connectivity index (χ2n) is 2.71. The summed E-state index contributed by atoms with van der Waals surface area (Å²) in [5.74, 6) is 0.319. The van der Waals surface area contributed by atoms with Crippen LogP contribution in [-0.2, 0) is 4.74 Å². The maximum Gasteiger partial charge on any atom is 0.239 e. The smallest absolute Gasteiger partial charge is 0.239 e. The quantitative estimate of drug-likeness (QED) is 0.712. The van der Waals surface area contributed by atoms with E-state index in [-0.39, 0.29) is 6.04 Å². The summed E-state index contributed by atoms with van der Waals surface area (Å²) in [5, 5.41) is 3.99. The van der Waals surface area contributed by atoms with Crippen molar-refractivity contribution in [3.8, 4) is 0 Å². The third-order valence-corrected chi connectivity index (χ3v) is 1.72. The molecular weight excluding hydrogens is 156 g/mol. The first-order chi connectivity index (χ1) is 5.74. The maximum absolute atomic E-state index is 5.37. The number of nitrogens with zero attached hydrogens (tertiary/aromatic N) is 3. The van der Waals surface area contributed by atoms with Gasteiger partial charge in [0.15, 0.2) is 0 Å². The number of nitrogen functional groups attached to an aromatic ring is 1. The number of aromatic nitrogens is 3. The maximum atomic E-state index is 5.37. The summed E-state index contributed by atoms with van der Waals surface area (Å²) in [6.45, 7) is 2.77. The van der Waals surface area contributed by atoms with Crippen LogP contribution in [0.3, 0.4) is 0 Å². The Hall–Kier alpha value is -1.10. The molecule has 68 valence electrons. The van der Waals surface area contributed by atoms with E-state index in [0.29, 0.717) is 5.95 Å². The molecule has 1 unspecified atom stereocenters. The van der Waals surface area contributed by atoms with Crippen LogP contribution in [0.5, 0.6) is 0 Å². The lowest BCUT2D eigenvalue weighted by atomic mass is 10.2. The van der Waals surface area contributed by atoms with Gasteiger partial charge in [0, 0.05) is 13.7 Å². The first-order valence-corrected chi connectivity index (χ1v) is 3.89. The monoisotopic (exact) mass is 170 g/mol. The molecule has 0 aromatic carbocycles. The zero-order valence-electron chi connectivity index (χ0n) is 7.40. The average Bonchev–Trinajstić information content (AvgIpc) is 2.47. The fourth-order valence-corrected chi connectivity index (χ4v) is 0.921. The number of hydrogen-bond acceptors (Lipinski definition) is 4. The van der Waals surface area contributed by atoms with Crippen LogP contribution in [0, 0.1) is 0 Å². The third-order valence-electron chi connectivity index (χ3n) is 1.72. The highest BCUT2D eigenvalue weighted by Gasteiger charge is 2.05. The van der Waals surface area contributed by atoms with Gasteiger partial charge in [0.1, 0.15) is 6.33 Å². The van der Waals surface area contributed by atoms with Crippen LogP contribution in [0.4, 0.5) is 5.95 Å². The Morgan fingerprint density at radius 1 is 1.75 bits per heavy atom. The minimum atomic E-state index is 0.287. The van der Waals surface area contributed by atoms with Crippen LogP contribution in [0.25, 0.3) is 0 Å². The molecule has 0 aliphatic carbocycles. The van der Waals surface area contributed by atoms with Crippen LogP contribution >= 0.6 is 0 Å². The molecule has 5 nitrogen and oxygen atoms in total. The van der Waals surface area contributed by atoms with Crippen molar-refractivity contribution in [2.75, 3.05) is 19.5 Å². The fraction of sp³-hybridized carbons (Fsp3) is 0.714. The van der Waals surface area contributed by atoms with E-state index in [1.54, 1.807) is 18.1 Å². The molecule has 0 saturated heterocycles. The molecule has 0 radical (unpaired) electrons. The number of ether oxygens (including phenoxy) is 1. The zero-order valence-corrected chi connectivity index (χ0v) is 7.40. The van der Waals surface area contributed by atoms with Crippen molar-refractivity contribution in [1.82, 2.24) is 14.8 Å². The molecule has 12 heavy (non-hydrogen) atoms. The molecule has 0 spiro atoms. The molecule has 1 rings (SSSR count). The Balaban J connectivity index is 2.47. The molecule has 0 aliphatic rings. The molecule has 1 aromatic rings. The van der Waals surface area contributed by atoms with Crippen LogP contribution in [0.1, 0.15) is 19.4 Å². The highest BCUT2D eigenvalue weighted by Crippen LogP contribution is 2.08. The number of hydrogen-bond donors (Lipinski definition) is 1. The lowest BCUT2D eigenvalue weighted by molar-refractivity contribution is 0.178. The van der Waals surface area contributed by atoms with Gasteiger partial charge in [-0.1, -0.05) is 0 Å². The van der Waals surface area contributed by atoms with E-state index in [1.807, 2.05) is 6.92 Å². The van der Waals surface area contributed by atoms with E-state index < -0.39 is 0 Å². The first kappa shape index (κ1) is 8.99. The average molecular weight is 170 g/mol. The standard InChI is InChI=1S/C7H14N4O/c1-6(3-4-12-2)11-5-9-7(8)10-11/h5-6H,3-4H2,1-2H3,(H2,8,10). The van der Waals surface area contributed by atoms with Crippen molar-refractivity contribution in [3.63, 3.8) is 0 Å². The highest BCUT2D eigenvalue weighted by molar-refractivity contribution is 5.09. The van der Waals surface area contributed by atoms with Crippen molar-refractivity contribution in [2.24, 2.45) is 0 Å². The molecule has 1 heterocycles. The van der Waals surface area contributed by atoms with Crippen molar-refractivity contribution < 1.29 is 4.74 Å². The Kier molecular flexibility index (Phi) is 3.04. The number of methoxy groups -OCH3 is 1. The third kappa shape index (κ3) is 2.20. The van der Waals surface area contributed by atoms with Gasteiger partial charge in [-0.15, -0.1) is 5.10 Å². The summed E-state index contributed by atoms with van der Waals surface area (Å²) in [6, 6.07) is 0.287. The lowest BCUT2D eigenvalue weighted by Crippen LogP contribution is -2.08. The van der Waals surface area contributed by atoms with Crippen LogP contribution in [0.15, 0.2) is 6.33 Å². The van der Waals surface area contributed by atoms with Crippen LogP contribution < -0.4 is 5.73 Å². The summed E-state index contributed by atoms with van der Waals surface area (Å²) in [7, 11) is 1.68. The second kappa shape index (κ2) is 4.06. The van der Waals surface area contributed by atoms with Crippen molar-refractivity contribution in [3.05, 3.63) is 6.33 Å². The van der Waals surface area contributed by atoms with Gasteiger partial charge >= 0.3 is 0 Å². The minimum Gasteiger partial charge on any atom is -0.385 e. The summed E-state index contributed by atoms with van der Waals surface area (Å²) in [5.41, 5.74) is 5.37. The topological polar surface area (TPSA) is 66.0 Å². The lowest BCUT2D eigenvalue weighted by Gasteiger charge is -2.09. The van der Waals surface area contributed by atoms with E-state index in [4.69, 9.17) is 10.5 Å². The van der Waals surface area contributed by atoms with Gasteiger partial charge in [-0.2, -0.15) is 0 Å². The van der Waals surface area contributed by atoms with Crippen LogP contribution in [-0.4, -0.2) is 28.5 Å². The van der Waals surface area contributed by atoms with E-state index in [1.165, 1.54) is 0 Å². The predicted octanol–water partition coefficient (Wildman–Crippen LogP) is 0.458.